The van der Waals surface area contributed by atoms with E-state index in [0.717, 1.165) is 0 Å². The van der Waals surface area contributed by atoms with Crippen LogP contribution in [0, 0.1) is 0 Å². The van der Waals surface area contributed by atoms with E-state index < -0.39 is 28.1 Å². The smallest absolute Gasteiger partial charge is 0.285 e. The standard InChI is InChI=1S/C4H6F4O4S/c1-3(5,6)12-4(7,8)2-13(9,10)11/h2H2,1H3,(H,9,10,11). The highest BCUT2D eigenvalue weighted by molar-refractivity contribution is 7.85. The largest absolute Gasteiger partial charge is 0.376 e. The Morgan fingerprint density at radius 2 is 1.69 bits per heavy atom. The third-order valence-corrected chi connectivity index (χ3v) is 1.38. The molecule has 0 aliphatic rings. The molecular formula is C4H6F4O4S. The van der Waals surface area contributed by atoms with Gasteiger partial charge in [0.25, 0.3) is 10.1 Å². The van der Waals surface area contributed by atoms with Gasteiger partial charge >= 0.3 is 12.2 Å². The van der Waals surface area contributed by atoms with Crippen LogP contribution in [0.2, 0.25) is 0 Å². The van der Waals surface area contributed by atoms with Gasteiger partial charge < -0.3 is 0 Å². The van der Waals surface area contributed by atoms with Gasteiger partial charge in [-0.1, -0.05) is 0 Å². The Kier molecular flexibility index (Phi) is 3.28. The molecule has 0 fully saturated rings. The molecule has 0 aliphatic carbocycles. The third-order valence-electron chi connectivity index (χ3n) is 0.679. The second kappa shape index (κ2) is 3.39. The van der Waals surface area contributed by atoms with Crippen LogP contribution >= 0.6 is 0 Å². The highest BCUT2D eigenvalue weighted by atomic mass is 32.2. The zero-order valence-electron chi connectivity index (χ0n) is 6.30. The Bertz CT molecular complexity index is 266. The van der Waals surface area contributed by atoms with E-state index in [1.54, 1.807) is 0 Å². The maximum atomic E-state index is 12.2. The first kappa shape index (κ1) is 12.6. The molecular weight excluding hydrogens is 220 g/mol. The molecule has 0 aliphatic heterocycles. The third kappa shape index (κ3) is 7.94. The Hall–Kier alpha value is -0.410. The van der Waals surface area contributed by atoms with Crippen molar-refractivity contribution in [3.05, 3.63) is 0 Å². The molecule has 0 aromatic rings. The molecule has 9 heteroatoms. The molecule has 0 radical (unpaired) electrons. The summed E-state index contributed by atoms with van der Waals surface area (Å²) in [6.07, 6.45) is -8.79. The molecule has 80 valence electrons. The lowest BCUT2D eigenvalue weighted by Gasteiger charge is -2.19. The number of rotatable bonds is 4. The van der Waals surface area contributed by atoms with E-state index in [9.17, 15) is 26.0 Å². The number of halogens is 4. The Balaban J connectivity index is 4.43. The highest BCUT2D eigenvalue weighted by Crippen LogP contribution is 2.27. The van der Waals surface area contributed by atoms with Gasteiger partial charge in [-0.3, -0.25) is 9.29 Å². The van der Waals surface area contributed by atoms with Gasteiger partial charge in [-0.25, -0.2) is 0 Å². The van der Waals surface area contributed by atoms with E-state index in [0.29, 0.717) is 0 Å². The van der Waals surface area contributed by atoms with Gasteiger partial charge in [0.2, 0.25) is 0 Å². The molecule has 0 aromatic heterocycles. The lowest BCUT2D eigenvalue weighted by Crippen LogP contribution is -2.36. The lowest BCUT2D eigenvalue weighted by molar-refractivity contribution is -0.358. The summed E-state index contributed by atoms with van der Waals surface area (Å²) in [5.41, 5.74) is 0. The molecule has 0 heterocycles. The second-order valence-corrected chi connectivity index (χ2v) is 3.73. The summed E-state index contributed by atoms with van der Waals surface area (Å²) in [6, 6.07) is 0. The second-order valence-electron chi connectivity index (χ2n) is 2.27. The van der Waals surface area contributed by atoms with E-state index in [4.69, 9.17) is 4.55 Å². The first-order valence-corrected chi connectivity index (χ1v) is 4.43. The van der Waals surface area contributed by atoms with Gasteiger partial charge in [-0.05, 0) is 0 Å². The molecule has 0 rings (SSSR count). The van der Waals surface area contributed by atoms with E-state index in [2.05, 4.69) is 4.74 Å². The molecule has 0 saturated carbocycles. The summed E-state index contributed by atoms with van der Waals surface area (Å²) >= 11 is 0. The van der Waals surface area contributed by atoms with Gasteiger partial charge in [-0.15, -0.1) is 0 Å². The first-order chi connectivity index (χ1) is 5.41. The van der Waals surface area contributed by atoms with Gasteiger partial charge in [0, 0.05) is 6.92 Å². The van der Waals surface area contributed by atoms with Crippen molar-refractivity contribution in [2.75, 3.05) is 5.75 Å². The molecule has 13 heavy (non-hydrogen) atoms. The Morgan fingerprint density at radius 1 is 1.31 bits per heavy atom. The van der Waals surface area contributed by atoms with Crippen LogP contribution in [0.5, 0.6) is 0 Å². The molecule has 0 aromatic carbocycles. The minimum Gasteiger partial charge on any atom is -0.285 e. The van der Waals surface area contributed by atoms with Crippen molar-refractivity contribution in [3.63, 3.8) is 0 Å². The number of hydrogen-bond acceptors (Lipinski definition) is 3. The van der Waals surface area contributed by atoms with E-state index in [-0.39, 0.29) is 6.92 Å². The van der Waals surface area contributed by atoms with Crippen molar-refractivity contribution >= 4 is 10.1 Å². The summed E-state index contributed by atoms with van der Waals surface area (Å²) in [6.45, 7) is 0.0188. The van der Waals surface area contributed by atoms with Crippen molar-refractivity contribution < 1.29 is 35.3 Å². The van der Waals surface area contributed by atoms with E-state index in [1.807, 2.05) is 0 Å². The van der Waals surface area contributed by atoms with Crippen molar-refractivity contribution in [1.29, 1.82) is 0 Å². The molecule has 4 nitrogen and oxygen atoms in total. The maximum absolute atomic E-state index is 12.2. The van der Waals surface area contributed by atoms with Crippen LogP contribution in [-0.2, 0) is 14.9 Å². The fourth-order valence-corrected chi connectivity index (χ4v) is 0.988. The van der Waals surface area contributed by atoms with Crippen LogP contribution in [0.4, 0.5) is 17.6 Å². The molecule has 0 unspecified atom stereocenters. The van der Waals surface area contributed by atoms with Crippen molar-refractivity contribution in [3.8, 4) is 0 Å². The van der Waals surface area contributed by atoms with E-state index >= 15 is 0 Å². The molecule has 0 bridgehead atoms. The van der Waals surface area contributed by atoms with Crippen LogP contribution in [0.25, 0.3) is 0 Å². The molecule has 0 saturated heterocycles. The first-order valence-electron chi connectivity index (χ1n) is 2.82. The van der Waals surface area contributed by atoms with Crippen LogP contribution in [0.1, 0.15) is 6.92 Å². The Labute approximate surface area is 71.2 Å². The number of hydrogen-bond donors (Lipinski definition) is 1. The summed E-state index contributed by atoms with van der Waals surface area (Å²) in [7, 11) is -5.06. The lowest BCUT2D eigenvalue weighted by atomic mass is 10.7. The predicted octanol–water partition coefficient (Wildman–Crippen LogP) is 1.10. The summed E-state index contributed by atoms with van der Waals surface area (Å²) in [4.78, 5) is 0. The quantitative estimate of drug-likeness (QED) is 0.575. The minimum absolute atomic E-state index is 0.0188. The number of ether oxygens (including phenoxy) is 1. The SMILES string of the molecule is CC(F)(F)OC(F)(F)CS(=O)(=O)O. The topological polar surface area (TPSA) is 63.6 Å². The molecule has 1 N–H and O–H groups in total. The minimum atomic E-state index is -5.06. The van der Waals surface area contributed by atoms with Crippen molar-refractivity contribution in [1.82, 2.24) is 0 Å². The fraction of sp³-hybridized carbons (Fsp3) is 1.00. The average Bonchev–Trinajstić information content (AvgIpc) is 1.43. The molecule has 0 atom stereocenters. The summed E-state index contributed by atoms with van der Waals surface area (Å²) in [5, 5.41) is 0. The zero-order chi connectivity index (χ0) is 10.9. The van der Waals surface area contributed by atoms with Gasteiger partial charge in [0.05, 0.1) is 0 Å². The van der Waals surface area contributed by atoms with E-state index in [1.165, 1.54) is 0 Å². The van der Waals surface area contributed by atoms with Crippen molar-refractivity contribution in [2.45, 2.75) is 19.1 Å². The van der Waals surface area contributed by atoms with Crippen molar-refractivity contribution in [2.24, 2.45) is 0 Å². The number of alkyl halides is 4. The molecule has 0 amide bonds. The van der Waals surface area contributed by atoms with Crippen LogP contribution in [-0.4, -0.2) is 30.9 Å². The van der Waals surface area contributed by atoms with Crippen LogP contribution in [0.15, 0.2) is 0 Å². The maximum Gasteiger partial charge on any atom is 0.376 e. The van der Waals surface area contributed by atoms with Crippen LogP contribution in [0.3, 0.4) is 0 Å². The van der Waals surface area contributed by atoms with Gasteiger partial charge in [0.15, 0.2) is 5.75 Å². The summed E-state index contributed by atoms with van der Waals surface area (Å²) in [5.74, 6) is -2.20. The zero-order valence-corrected chi connectivity index (χ0v) is 7.12. The monoisotopic (exact) mass is 226 g/mol. The van der Waals surface area contributed by atoms with Crippen LogP contribution < -0.4 is 0 Å². The normalized spacial score (nSPS) is 14.6. The fourth-order valence-electron chi connectivity index (χ4n) is 0.504. The summed E-state index contributed by atoms with van der Waals surface area (Å²) < 4.78 is 78.5. The molecule has 0 spiro atoms. The predicted molar refractivity (Wildman–Crippen MR) is 33.1 cm³/mol. The average molecular weight is 226 g/mol. The highest BCUT2D eigenvalue weighted by Gasteiger charge is 2.44. The van der Waals surface area contributed by atoms with Gasteiger partial charge in [-0.2, -0.15) is 26.0 Å². The van der Waals surface area contributed by atoms with Gasteiger partial charge in [0.1, 0.15) is 0 Å². The Morgan fingerprint density at radius 3 is 1.92 bits per heavy atom.